The molecule has 6 nitrogen and oxygen atoms in total. The average Bonchev–Trinajstić information content (AvgIpc) is 2.58. The van der Waals surface area contributed by atoms with E-state index >= 15 is 0 Å². The first-order chi connectivity index (χ1) is 11.9. The van der Waals surface area contributed by atoms with Gasteiger partial charge in [0.05, 0.1) is 11.5 Å². The minimum absolute atomic E-state index is 0.0862. The maximum absolute atomic E-state index is 12.7. The zero-order chi connectivity index (χ0) is 18.1. The molecule has 1 heterocycles. The first-order valence-corrected chi connectivity index (χ1v) is 8.54. The molecular formula is C17H12ClNO5S. The van der Waals surface area contributed by atoms with E-state index in [0.717, 1.165) is 4.70 Å². The van der Waals surface area contributed by atoms with Crippen LogP contribution in [-0.4, -0.2) is 17.0 Å². The largest absolute Gasteiger partial charge is 0.453 e. The van der Waals surface area contributed by atoms with E-state index in [1.54, 1.807) is 25.1 Å². The van der Waals surface area contributed by atoms with Crippen LogP contribution >= 0.6 is 22.9 Å². The van der Waals surface area contributed by atoms with E-state index in [4.69, 9.17) is 16.3 Å². The smallest absolute Gasteiger partial charge is 0.403 e. The highest BCUT2D eigenvalue weighted by Gasteiger charge is 2.23. The summed E-state index contributed by atoms with van der Waals surface area (Å²) in [4.78, 5) is 34.3. The van der Waals surface area contributed by atoms with Crippen molar-refractivity contribution < 1.29 is 14.5 Å². The van der Waals surface area contributed by atoms with Gasteiger partial charge < -0.3 is 4.74 Å². The molecule has 0 amide bonds. The molecule has 25 heavy (non-hydrogen) atoms. The molecule has 128 valence electrons. The number of halogens is 1. The summed E-state index contributed by atoms with van der Waals surface area (Å²) in [5.41, 5.74) is -0.990. The zero-order valence-electron chi connectivity index (χ0n) is 13.0. The predicted octanol–water partition coefficient (Wildman–Crippen LogP) is 4.80. The first kappa shape index (κ1) is 17.3. The fraction of sp³-hybridized carbons (Fsp3) is 0.176. The van der Waals surface area contributed by atoms with Crippen LogP contribution in [0.1, 0.15) is 18.4 Å². The van der Waals surface area contributed by atoms with Crippen molar-refractivity contribution in [3.63, 3.8) is 0 Å². The number of hydrogen-bond acceptors (Lipinski definition) is 6. The summed E-state index contributed by atoms with van der Waals surface area (Å²) >= 11 is 6.54. The molecule has 1 unspecified atom stereocenters. The lowest BCUT2D eigenvalue weighted by Gasteiger charge is -2.12. The second-order valence-corrected chi connectivity index (χ2v) is 6.93. The molecule has 0 aliphatic heterocycles. The molecule has 0 aliphatic rings. The number of hydrogen-bond donors (Lipinski definition) is 0. The summed E-state index contributed by atoms with van der Waals surface area (Å²) in [6, 6.07) is 10.1. The van der Waals surface area contributed by atoms with Gasteiger partial charge in [-0.1, -0.05) is 19.1 Å². The number of benzene rings is 2. The van der Waals surface area contributed by atoms with E-state index in [1.165, 1.54) is 17.4 Å². The summed E-state index contributed by atoms with van der Waals surface area (Å²) < 4.78 is 6.20. The Morgan fingerprint density at radius 2 is 2.00 bits per heavy atom. The fourth-order valence-corrected chi connectivity index (χ4v) is 3.85. The van der Waals surface area contributed by atoms with Gasteiger partial charge in [0.15, 0.2) is 5.43 Å². The van der Waals surface area contributed by atoms with Gasteiger partial charge in [0.25, 0.3) is 5.69 Å². The molecule has 0 radical (unpaired) electrons. The number of ether oxygens (including phenoxy) is 1. The van der Waals surface area contributed by atoms with Gasteiger partial charge in [-0.2, -0.15) is 0 Å². The molecule has 0 aliphatic carbocycles. The number of nitro benzene ring substituents is 1. The Morgan fingerprint density at radius 1 is 1.28 bits per heavy atom. The summed E-state index contributed by atoms with van der Waals surface area (Å²) in [7, 11) is 0. The van der Waals surface area contributed by atoms with Crippen molar-refractivity contribution in [1.82, 2.24) is 0 Å². The van der Waals surface area contributed by atoms with Gasteiger partial charge in [0, 0.05) is 49.3 Å². The number of fused-ring (bicyclic) bond motifs is 2. The molecule has 1 atom stereocenters. The van der Waals surface area contributed by atoms with Crippen LogP contribution in [0.5, 0.6) is 0 Å². The van der Waals surface area contributed by atoms with Crippen molar-refractivity contribution in [1.29, 1.82) is 0 Å². The number of nitro groups is 1. The van der Waals surface area contributed by atoms with E-state index < -0.39 is 16.3 Å². The standard InChI is InChI=1S/C17H12ClNO5S/c1-9(8-24-17(18)21)11-7-15-12(6-13(11)19(22)23)16(20)10-4-2-3-5-14(10)25-15/h2-7,9H,8H2,1H3. The normalized spacial score (nSPS) is 12.2. The predicted molar refractivity (Wildman–Crippen MR) is 97.9 cm³/mol. The molecule has 0 fully saturated rings. The van der Waals surface area contributed by atoms with Crippen molar-refractivity contribution in [2.75, 3.05) is 6.61 Å². The van der Waals surface area contributed by atoms with E-state index in [2.05, 4.69) is 0 Å². The Labute approximate surface area is 150 Å². The van der Waals surface area contributed by atoms with E-state index in [0.29, 0.717) is 21.0 Å². The number of rotatable bonds is 4. The van der Waals surface area contributed by atoms with Crippen LogP contribution in [0, 0.1) is 10.1 Å². The topological polar surface area (TPSA) is 86.5 Å². The Morgan fingerprint density at radius 3 is 2.68 bits per heavy atom. The van der Waals surface area contributed by atoms with E-state index in [9.17, 15) is 19.7 Å². The Bertz CT molecular complexity index is 1060. The van der Waals surface area contributed by atoms with Crippen molar-refractivity contribution in [2.45, 2.75) is 12.8 Å². The van der Waals surface area contributed by atoms with Crippen molar-refractivity contribution >= 4 is 54.2 Å². The molecule has 0 N–H and O–H groups in total. The lowest BCUT2D eigenvalue weighted by Crippen LogP contribution is -2.09. The monoisotopic (exact) mass is 377 g/mol. The van der Waals surface area contributed by atoms with Gasteiger partial charge >= 0.3 is 5.43 Å². The molecule has 8 heteroatoms. The van der Waals surface area contributed by atoms with Crippen LogP contribution in [0.25, 0.3) is 20.2 Å². The molecule has 0 spiro atoms. The molecule has 0 bridgehead atoms. The van der Waals surface area contributed by atoms with Gasteiger partial charge in [0.2, 0.25) is 0 Å². The Balaban J connectivity index is 2.24. The lowest BCUT2D eigenvalue weighted by atomic mass is 9.98. The van der Waals surface area contributed by atoms with Crippen LogP contribution in [0.4, 0.5) is 10.5 Å². The number of nitrogens with zero attached hydrogens (tertiary/aromatic N) is 1. The molecule has 2 aromatic carbocycles. The third kappa shape index (κ3) is 3.33. The molecule has 3 rings (SSSR count). The van der Waals surface area contributed by atoms with Crippen molar-refractivity contribution in [2.24, 2.45) is 0 Å². The van der Waals surface area contributed by atoms with E-state index in [-0.39, 0.29) is 17.7 Å². The van der Waals surface area contributed by atoms with Gasteiger partial charge in [-0.3, -0.25) is 14.9 Å². The van der Waals surface area contributed by atoms with Crippen LogP contribution in [0.3, 0.4) is 0 Å². The zero-order valence-corrected chi connectivity index (χ0v) is 14.6. The van der Waals surface area contributed by atoms with Gasteiger partial charge in [0.1, 0.15) is 0 Å². The SMILES string of the molecule is CC(COC(=O)Cl)c1cc2sc3ccccc3c(=O)c2cc1[N+](=O)[O-]. The highest BCUT2D eigenvalue weighted by atomic mass is 35.5. The van der Waals surface area contributed by atoms with E-state index in [1.807, 2.05) is 12.1 Å². The second kappa shape index (κ2) is 6.78. The minimum Gasteiger partial charge on any atom is -0.453 e. The minimum atomic E-state index is -0.967. The van der Waals surface area contributed by atoms with Gasteiger partial charge in [-0.25, -0.2) is 4.79 Å². The molecule has 1 aromatic heterocycles. The molecule has 0 saturated heterocycles. The van der Waals surface area contributed by atoms with Crippen molar-refractivity contribution in [3.8, 4) is 0 Å². The maximum Gasteiger partial charge on any atom is 0.403 e. The summed E-state index contributed by atoms with van der Waals surface area (Å²) in [5, 5.41) is 12.3. The molecule has 0 saturated carbocycles. The summed E-state index contributed by atoms with van der Waals surface area (Å²) in [5.74, 6) is -0.443. The van der Waals surface area contributed by atoms with Gasteiger partial charge in [-0.05, 0) is 18.2 Å². The third-order valence-electron chi connectivity index (χ3n) is 3.90. The second-order valence-electron chi connectivity index (χ2n) is 5.54. The van der Waals surface area contributed by atoms with Crippen LogP contribution in [-0.2, 0) is 4.74 Å². The van der Waals surface area contributed by atoms with Crippen LogP contribution < -0.4 is 5.43 Å². The Kier molecular flexibility index (Phi) is 4.69. The van der Waals surface area contributed by atoms with Crippen LogP contribution in [0.2, 0.25) is 0 Å². The molecular weight excluding hydrogens is 366 g/mol. The fourth-order valence-electron chi connectivity index (χ4n) is 2.69. The summed E-state index contributed by atoms with van der Waals surface area (Å²) in [6.07, 6.45) is 0. The summed E-state index contributed by atoms with van der Waals surface area (Å²) in [6.45, 7) is 1.61. The van der Waals surface area contributed by atoms with Crippen LogP contribution in [0.15, 0.2) is 41.2 Å². The number of carbonyl (C=O) groups is 1. The number of carbonyl (C=O) groups excluding carboxylic acids is 1. The third-order valence-corrected chi connectivity index (χ3v) is 5.14. The Hall–Kier alpha value is -2.51. The quantitative estimate of drug-likeness (QED) is 0.282. The first-order valence-electron chi connectivity index (χ1n) is 7.34. The maximum atomic E-state index is 12.7. The highest BCUT2D eigenvalue weighted by molar-refractivity contribution is 7.24. The average molecular weight is 378 g/mol. The highest BCUT2D eigenvalue weighted by Crippen LogP contribution is 2.34. The van der Waals surface area contributed by atoms with Gasteiger partial charge in [-0.15, -0.1) is 11.3 Å². The lowest BCUT2D eigenvalue weighted by molar-refractivity contribution is -0.385. The van der Waals surface area contributed by atoms with Crippen molar-refractivity contribution in [3.05, 3.63) is 62.3 Å². The molecule has 3 aromatic rings.